The molecule has 3 heteroatoms. The molecule has 0 aromatic heterocycles. The van der Waals surface area contributed by atoms with Crippen molar-refractivity contribution in [3.8, 4) is 5.75 Å². The van der Waals surface area contributed by atoms with E-state index in [4.69, 9.17) is 4.74 Å². The maximum atomic E-state index is 11.8. The number of carbonyl (C=O) groups excluding carboxylic acids is 1. The van der Waals surface area contributed by atoms with Crippen LogP contribution in [0.2, 0.25) is 0 Å². The van der Waals surface area contributed by atoms with Crippen LogP contribution in [0, 0.1) is 0 Å². The van der Waals surface area contributed by atoms with Crippen molar-refractivity contribution in [1.82, 2.24) is 5.32 Å². The quantitative estimate of drug-likeness (QED) is 0.807. The van der Waals surface area contributed by atoms with Crippen molar-refractivity contribution in [2.45, 2.75) is 46.1 Å². The Bertz CT molecular complexity index is 355. The molecule has 0 fully saturated rings. The normalized spacial score (nSPS) is 10.4. The predicted octanol–water partition coefficient (Wildman–Crippen LogP) is 2.93. The molecule has 1 aromatic rings. The summed E-state index contributed by atoms with van der Waals surface area (Å²) in [4.78, 5) is 11.8. The third-order valence-corrected chi connectivity index (χ3v) is 2.95. The largest absolute Gasteiger partial charge is 0.494 e. The van der Waals surface area contributed by atoms with Crippen LogP contribution in [0.5, 0.6) is 5.75 Å². The first-order chi connectivity index (χ1) is 8.69. The van der Waals surface area contributed by atoms with Gasteiger partial charge in [-0.2, -0.15) is 0 Å². The fraction of sp³-hybridized carbons (Fsp3) is 0.533. The molecule has 0 unspecified atom stereocenters. The fourth-order valence-corrected chi connectivity index (χ4v) is 1.83. The van der Waals surface area contributed by atoms with Gasteiger partial charge >= 0.3 is 0 Å². The van der Waals surface area contributed by atoms with Gasteiger partial charge in [0.2, 0.25) is 5.91 Å². The van der Waals surface area contributed by atoms with Crippen molar-refractivity contribution in [3.63, 3.8) is 0 Å². The topological polar surface area (TPSA) is 38.3 Å². The van der Waals surface area contributed by atoms with Crippen molar-refractivity contribution in [3.05, 3.63) is 29.8 Å². The third-order valence-electron chi connectivity index (χ3n) is 2.95. The van der Waals surface area contributed by atoms with Gasteiger partial charge in [-0.05, 0) is 37.5 Å². The highest BCUT2D eigenvalue weighted by molar-refractivity contribution is 5.78. The number of hydrogen-bond donors (Lipinski definition) is 1. The third kappa shape index (κ3) is 4.78. The highest BCUT2D eigenvalue weighted by Gasteiger charge is 2.08. The van der Waals surface area contributed by atoms with E-state index in [2.05, 4.69) is 19.2 Å². The molecule has 0 saturated carbocycles. The summed E-state index contributed by atoms with van der Waals surface area (Å²) in [6.07, 6.45) is 2.39. The second kappa shape index (κ2) is 7.75. The Balaban J connectivity index is 2.48. The Kier molecular flexibility index (Phi) is 6.26. The van der Waals surface area contributed by atoms with Gasteiger partial charge in [0.1, 0.15) is 5.75 Å². The Morgan fingerprint density at radius 2 is 1.78 bits per heavy atom. The number of rotatable bonds is 7. The SMILES string of the molecule is CCOc1ccc(CC(=O)NC(CC)CC)cc1. The van der Waals surface area contributed by atoms with Crippen LogP contribution in [0.25, 0.3) is 0 Å². The summed E-state index contributed by atoms with van der Waals surface area (Å²) in [5.41, 5.74) is 1.02. The van der Waals surface area contributed by atoms with E-state index in [9.17, 15) is 4.79 Å². The molecule has 0 radical (unpaired) electrons. The highest BCUT2D eigenvalue weighted by Crippen LogP contribution is 2.12. The number of ether oxygens (including phenoxy) is 1. The molecule has 3 nitrogen and oxygen atoms in total. The van der Waals surface area contributed by atoms with E-state index in [1.54, 1.807) is 0 Å². The first kappa shape index (κ1) is 14.6. The van der Waals surface area contributed by atoms with Gasteiger partial charge < -0.3 is 10.1 Å². The molecule has 0 heterocycles. The van der Waals surface area contributed by atoms with Crippen LogP contribution in [-0.4, -0.2) is 18.6 Å². The van der Waals surface area contributed by atoms with Crippen molar-refractivity contribution in [1.29, 1.82) is 0 Å². The molecule has 0 saturated heterocycles. The van der Waals surface area contributed by atoms with E-state index in [-0.39, 0.29) is 5.91 Å². The first-order valence-electron chi connectivity index (χ1n) is 6.70. The zero-order chi connectivity index (χ0) is 13.4. The average Bonchev–Trinajstić information content (AvgIpc) is 2.38. The minimum absolute atomic E-state index is 0.0906. The highest BCUT2D eigenvalue weighted by atomic mass is 16.5. The Labute approximate surface area is 110 Å². The van der Waals surface area contributed by atoms with Crippen LogP contribution in [0.15, 0.2) is 24.3 Å². The average molecular weight is 249 g/mol. The van der Waals surface area contributed by atoms with Gasteiger partial charge in [0, 0.05) is 6.04 Å². The van der Waals surface area contributed by atoms with Crippen LogP contribution >= 0.6 is 0 Å². The molecule has 1 rings (SSSR count). The van der Waals surface area contributed by atoms with Gasteiger partial charge in [-0.3, -0.25) is 4.79 Å². The van der Waals surface area contributed by atoms with Crippen LogP contribution < -0.4 is 10.1 Å². The summed E-state index contributed by atoms with van der Waals surface area (Å²) >= 11 is 0. The minimum atomic E-state index is 0.0906. The molecule has 0 aliphatic carbocycles. The lowest BCUT2D eigenvalue weighted by Gasteiger charge is -2.14. The molecule has 0 atom stereocenters. The summed E-state index contributed by atoms with van der Waals surface area (Å²) in [6, 6.07) is 7.99. The number of amides is 1. The van der Waals surface area contributed by atoms with Crippen molar-refractivity contribution >= 4 is 5.91 Å². The van der Waals surface area contributed by atoms with Gasteiger partial charge in [0.05, 0.1) is 13.0 Å². The van der Waals surface area contributed by atoms with E-state index in [1.165, 1.54) is 0 Å². The number of nitrogens with one attached hydrogen (secondary N) is 1. The van der Waals surface area contributed by atoms with Crippen LogP contribution in [0.1, 0.15) is 39.2 Å². The zero-order valence-corrected chi connectivity index (χ0v) is 11.5. The second-order valence-corrected chi connectivity index (χ2v) is 4.33. The molecular formula is C15H23NO2. The summed E-state index contributed by atoms with van der Waals surface area (Å²) in [5, 5.41) is 3.03. The monoisotopic (exact) mass is 249 g/mol. The Morgan fingerprint density at radius 1 is 1.17 bits per heavy atom. The molecule has 18 heavy (non-hydrogen) atoms. The number of benzene rings is 1. The summed E-state index contributed by atoms with van der Waals surface area (Å²) in [7, 11) is 0. The minimum Gasteiger partial charge on any atom is -0.494 e. The second-order valence-electron chi connectivity index (χ2n) is 4.33. The molecule has 0 aliphatic rings. The van der Waals surface area contributed by atoms with E-state index >= 15 is 0 Å². The lowest BCUT2D eigenvalue weighted by molar-refractivity contribution is -0.121. The maximum absolute atomic E-state index is 11.8. The lowest BCUT2D eigenvalue weighted by Crippen LogP contribution is -2.34. The number of carbonyl (C=O) groups is 1. The molecular weight excluding hydrogens is 226 g/mol. The fourth-order valence-electron chi connectivity index (χ4n) is 1.83. The molecule has 100 valence electrons. The smallest absolute Gasteiger partial charge is 0.224 e. The van der Waals surface area contributed by atoms with Gasteiger partial charge in [-0.15, -0.1) is 0 Å². The Hall–Kier alpha value is -1.51. The predicted molar refractivity (Wildman–Crippen MR) is 73.8 cm³/mol. The molecule has 1 N–H and O–H groups in total. The van der Waals surface area contributed by atoms with Gasteiger partial charge in [-0.25, -0.2) is 0 Å². The molecule has 0 aliphatic heterocycles. The summed E-state index contributed by atoms with van der Waals surface area (Å²) < 4.78 is 5.36. The maximum Gasteiger partial charge on any atom is 0.224 e. The van der Waals surface area contributed by atoms with E-state index in [1.807, 2.05) is 31.2 Å². The van der Waals surface area contributed by atoms with Gasteiger partial charge in [0.15, 0.2) is 0 Å². The zero-order valence-electron chi connectivity index (χ0n) is 11.5. The van der Waals surface area contributed by atoms with E-state index in [0.29, 0.717) is 19.1 Å². The van der Waals surface area contributed by atoms with Crippen molar-refractivity contribution in [2.75, 3.05) is 6.61 Å². The van der Waals surface area contributed by atoms with E-state index < -0.39 is 0 Å². The van der Waals surface area contributed by atoms with Crippen LogP contribution in [-0.2, 0) is 11.2 Å². The lowest BCUT2D eigenvalue weighted by atomic mass is 10.1. The van der Waals surface area contributed by atoms with Gasteiger partial charge in [-0.1, -0.05) is 26.0 Å². The van der Waals surface area contributed by atoms with E-state index in [0.717, 1.165) is 24.2 Å². The van der Waals surface area contributed by atoms with Crippen LogP contribution in [0.4, 0.5) is 0 Å². The molecule has 1 amide bonds. The van der Waals surface area contributed by atoms with Gasteiger partial charge in [0.25, 0.3) is 0 Å². The molecule has 0 bridgehead atoms. The van der Waals surface area contributed by atoms with Crippen molar-refractivity contribution < 1.29 is 9.53 Å². The Morgan fingerprint density at radius 3 is 2.28 bits per heavy atom. The molecule has 1 aromatic carbocycles. The summed E-state index contributed by atoms with van der Waals surface area (Å²) in [6.45, 7) is 6.79. The first-order valence-corrected chi connectivity index (χ1v) is 6.70. The summed E-state index contributed by atoms with van der Waals surface area (Å²) in [5.74, 6) is 0.939. The molecule has 0 spiro atoms. The standard InChI is InChI=1S/C15H23NO2/c1-4-13(5-2)16-15(17)11-12-7-9-14(10-8-12)18-6-3/h7-10,13H,4-6,11H2,1-3H3,(H,16,17). The number of hydrogen-bond acceptors (Lipinski definition) is 2. The van der Waals surface area contributed by atoms with Crippen LogP contribution in [0.3, 0.4) is 0 Å². The van der Waals surface area contributed by atoms with Crippen molar-refractivity contribution in [2.24, 2.45) is 0 Å².